The van der Waals surface area contributed by atoms with Gasteiger partial charge in [0.05, 0.1) is 9.52 Å². The fourth-order valence-electron chi connectivity index (χ4n) is 0. The van der Waals surface area contributed by atoms with Crippen LogP contribution in [0.2, 0.25) is 6.55 Å². The zero-order chi connectivity index (χ0) is 3.41. The van der Waals surface area contributed by atoms with Gasteiger partial charge in [0.2, 0.25) is 0 Å². The topological polar surface area (TPSA) is 0 Å². The molecule has 0 fully saturated rings. The Morgan fingerprint density at radius 2 is 2.00 bits per heavy atom. The number of rotatable bonds is 1. The summed E-state index contributed by atoms with van der Waals surface area (Å²) in [5, 5.41) is 0. The highest BCUT2D eigenvalue weighted by Gasteiger charge is 1.49. The minimum absolute atomic E-state index is 0. The summed E-state index contributed by atoms with van der Waals surface area (Å²) in [5.41, 5.74) is 1.90. The molecular formula is C3H6Si2. The van der Waals surface area contributed by atoms with Gasteiger partial charge in [-0.3, -0.25) is 0 Å². The van der Waals surface area contributed by atoms with Crippen LogP contribution in [0.3, 0.4) is 0 Å². The molecule has 0 spiro atoms. The van der Waals surface area contributed by atoms with Gasteiger partial charge in [0.15, 0.2) is 0 Å². The molecule has 0 unspecified atom stereocenters. The summed E-state index contributed by atoms with van der Waals surface area (Å²) >= 11 is 0. The van der Waals surface area contributed by atoms with Crippen molar-refractivity contribution in [3.05, 3.63) is 12.3 Å². The lowest BCUT2D eigenvalue weighted by Crippen LogP contribution is -1.61. The Morgan fingerprint density at radius 3 is 2.00 bits per heavy atom. The average molecular weight is 98.3 g/mol. The van der Waals surface area contributed by atoms with Crippen LogP contribution in [0.5, 0.6) is 0 Å². The van der Waals surface area contributed by atoms with E-state index >= 15 is 0 Å². The second-order valence-electron chi connectivity index (χ2n) is 0.493. The third-order valence-electron chi connectivity index (χ3n) is 0.204. The molecule has 26 valence electrons. The lowest BCUT2D eigenvalue weighted by atomic mass is 11.3. The second-order valence-corrected chi connectivity index (χ2v) is 1.48. The monoisotopic (exact) mass is 98.0 g/mol. The summed E-state index contributed by atoms with van der Waals surface area (Å²) in [7, 11) is 0.904. The summed E-state index contributed by atoms with van der Waals surface area (Å²) in [6, 6.07) is 0. The van der Waals surface area contributed by atoms with Crippen LogP contribution in [0.15, 0.2) is 12.3 Å². The van der Waals surface area contributed by atoms with E-state index in [2.05, 4.69) is 13.1 Å². The molecule has 0 heterocycles. The molecule has 0 aliphatic rings. The minimum atomic E-state index is 0. The van der Waals surface area contributed by atoms with Crippen molar-refractivity contribution in [2.45, 2.75) is 6.55 Å². The average Bonchev–Trinajstić information content (AvgIpc) is 1.37. The summed E-state index contributed by atoms with van der Waals surface area (Å²) in [6.07, 6.45) is 0. The zero-order valence-electron chi connectivity index (χ0n) is 3.28. The van der Waals surface area contributed by atoms with Crippen LogP contribution in [0, 0.1) is 0 Å². The zero-order valence-corrected chi connectivity index (χ0v) is 5.28. The molecule has 0 aromatic rings. The first kappa shape index (κ1) is 8.95. The van der Waals surface area contributed by atoms with Gasteiger partial charge in [0, 0.05) is 11.0 Å². The molecule has 0 N–H and O–H groups in total. The number of hydrogen-bond acceptors (Lipinski definition) is 0. The van der Waals surface area contributed by atoms with E-state index in [-0.39, 0.29) is 11.0 Å². The number of hydrogen-bond donors (Lipinski definition) is 0. The second kappa shape index (κ2) is 8.90. The molecule has 0 bridgehead atoms. The van der Waals surface area contributed by atoms with E-state index in [0.29, 0.717) is 0 Å². The normalized spacial score (nSPS) is 5.00. The van der Waals surface area contributed by atoms with Crippen molar-refractivity contribution >= 4 is 20.5 Å². The SMILES string of the molecule is C=C[Si]C.[Si]. The van der Waals surface area contributed by atoms with Crippen molar-refractivity contribution in [3.63, 3.8) is 0 Å². The van der Waals surface area contributed by atoms with Gasteiger partial charge in [-0.2, -0.15) is 0 Å². The van der Waals surface area contributed by atoms with Gasteiger partial charge in [0.1, 0.15) is 0 Å². The molecule has 6 radical (unpaired) electrons. The third kappa shape index (κ3) is 14.3. The van der Waals surface area contributed by atoms with Gasteiger partial charge in [-0.15, -0.1) is 12.3 Å². The standard InChI is InChI=1S/C3H6Si.Si/c1-3-4-2;/h3H,1H2,2H3;. The quantitative estimate of drug-likeness (QED) is 0.419. The van der Waals surface area contributed by atoms with Crippen LogP contribution in [0.4, 0.5) is 0 Å². The van der Waals surface area contributed by atoms with Crippen LogP contribution < -0.4 is 0 Å². The Hall–Kier alpha value is 0.174. The highest BCUT2D eigenvalue weighted by Crippen LogP contribution is 1.48. The highest BCUT2D eigenvalue weighted by atomic mass is 28.2. The Bertz CT molecular complexity index is 18.9. The van der Waals surface area contributed by atoms with E-state index in [1.807, 2.05) is 5.70 Å². The fraction of sp³-hybridized carbons (Fsp3) is 0.333. The predicted octanol–water partition coefficient (Wildman–Crippen LogP) is 0.501. The van der Waals surface area contributed by atoms with Crippen molar-refractivity contribution in [2.75, 3.05) is 0 Å². The maximum Gasteiger partial charge on any atom is 0.0660 e. The van der Waals surface area contributed by atoms with Gasteiger partial charge < -0.3 is 0 Å². The lowest BCUT2D eigenvalue weighted by molar-refractivity contribution is 2.26. The predicted molar refractivity (Wildman–Crippen MR) is 27.6 cm³/mol. The molecule has 0 atom stereocenters. The summed E-state index contributed by atoms with van der Waals surface area (Å²) in [6.45, 7) is 5.58. The van der Waals surface area contributed by atoms with Crippen molar-refractivity contribution in [3.8, 4) is 0 Å². The summed E-state index contributed by atoms with van der Waals surface area (Å²) in [5.74, 6) is 0. The molecule has 0 saturated heterocycles. The summed E-state index contributed by atoms with van der Waals surface area (Å²) in [4.78, 5) is 0. The van der Waals surface area contributed by atoms with E-state index in [9.17, 15) is 0 Å². The molecule has 0 aliphatic carbocycles. The van der Waals surface area contributed by atoms with Crippen LogP contribution in [-0.2, 0) is 0 Å². The largest absolute Gasteiger partial charge is 0.107 e. The van der Waals surface area contributed by atoms with E-state index in [0.717, 1.165) is 9.52 Å². The Labute approximate surface area is 40.1 Å². The molecular weight excluding hydrogens is 92.2 g/mol. The molecule has 0 rings (SSSR count). The van der Waals surface area contributed by atoms with Crippen LogP contribution in [0.1, 0.15) is 0 Å². The van der Waals surface area contributed by atoms with Crippen molar-refractivity contribution in [1.82, 2.24) is 0 Å². The van der Waals surface area contributed by atoms with Crippen LogP contribution in [-0.4, -0.2) is 20.5 Å². The molecule has 0 aliphatic heterocycles. The van der Waals surface area contributed by atoms with E-state index in [1.54, 1.807) is 0 Å². The Morgan fingerprint density at radius 1 is 1.80 bits per heavy atom. The third-order valence-corrected chi connectivity index (χ3v) is 0.612. The molecule has 0 nitrogen and oxygen atoms in total. The molecule has 2 heteroatoms. The van der Waals surface area contributed by atoms with E-state index in [1.165, 1.54) is 0 Å². The van der Waals surface area contributed by atoms with E-state index in [4.69, 9.17) is 0 Å². The highest BCUT2D eigenvalue weighted by molar-refractivity contribution is 6.39. The van der Waals surface area contributed by atoms with Gasteiger partial charge in [0.25, 0.3) is 0 Å². The maximum absolute atomic E-state index is 3.49. The van der Waals surface area contributed by atoms with E-state index < -0.39 is 0 Å². The first-order valence-electron chi connectivity index (χ1n) is 1.20. The lowest BCUT2D eigenvalue weighted by Gasteiger charge is -1.54. The molecule has 0 aromatic heterocycles. The van der Waals surface area contributed by atoms with Gasteiger partial charge in [-0.05, 0) is 0 Å². The Balaban J connectivity index is 0. The first-order chi connectivity index (χ1) is 1.91. The maximum atomic E-state index is 3.49. The fourth-order valence-corrected chi connectivity index (χ4v) is 0. The molecule has 0 aromatic carbocycles. The Kier molecular flexibility index (Phi) is 15.9. The van der Waals surface area contributed by atoms with Crippen molar-refractivity contribution in [2.24, 2.45) is 0 Å². The molecule has 5 heavy (non-hydrogen) atoms. The smallest absolute Gasteiger partial charge is 0.0660 e. The van der Waals surface area contributed by atoms with Gasteiger partial charge in [-0.1, -0.05) is 6.55 Å². The summed E-state index contributed by atoms with van der Waals surface area (Å²) < 4.78 is 0. The molecule has 0 amide bonds. The van der Waals surface area contributed by atoms with Crippen molar-refractivity contribution in [1.29, 1.82) is 0 Å². The minimum Gasteiger partial charge on any atom is -0.107 e. The first-order valence-corrected chi connectivity index (χ1v) is 2.77. The van der Waals surface area contributed by atoms with Crippen LogP contribution >= 0.6 is 0 Å². The van der Waals surface area contributed by atoms with Crippen molar-refractivity contribution < 1.29 is 0 Å². The van der Waals surface area contributed by atoms with Gasteiger partial charge >= 0.3 is 0 Å². The van der Waals surface area contributed by atoms with Crippen LogP contribution in [0.25, 0.3) is 0 Å². The molecule has 0 saturated carbocycles. The van der Waals surface area contributed by atoms with Gasteiger partial charge in [-0.25, -0.2) is 0 Å².